The number of benzene rings is 1. The number of ether oxygens (including phenoxy) is 1. The second-order valence-corrected chi connectivity index (χ2v) is 6.99. The molecule has 1 aromatic carbocycles. The van der Waals surface area contributed by atoms with E-state index in [2.05, 4.69) is 32.7 Å². The topological polar surface area (TPSA) is 69.1 Å². The van der Waals surface area contributed by atoms with Crippen molar-refractivity contribution < 1.29 is 9.84 Å². The lowest BCUT2D eigenvalue weighted by atomic mass is 10.1. The van der Waals surface area contributed by atoms with E-state index in [9.17, 15) is 5.11 Å². The highest BCUT2D eigenvalue weighted by Gasteiger charge is 2.26. The smallest absolute Gasteiger partial charge is 0.191 e. The molecule has 0 bridgehead atoms. The minimum atomic E-state index is -0.166. The fraction of sp³-hybridized carbons (Fsp3) is 0.632. The lowest BCUT2D eigenvalue weighted by Crippen LogP contribution is -2.46. The second kappa shape index (κ2) is 8.43. The first kappa shape index (κ1) is 17.9. The molecule has 6 heteroatoms. The van der Waals surface area contributed by atoms with Gasteiger partial charge in [-0.05, 0) is 31.4 Å². The summed E-state index contributed by atoms with van der Waals surface area (Å²) in [6, 6.07) is 8.57. The Morgan fingerprint density at radius 2 is 2.24 bits per heavy atom. The summed E-state index contributed by atoms with van der Waals surface area (Å²) in [5, 5.41) is 16.8. The van der Waals surface area contributed by atoms with Gasteiger partial charge in [0.25, 0.3) is 0 Å². The van der Waals surface area contributed by atoms with Crippen LogP contribution in [0.25, 0.3) is 0 Å². The Bertz CT molecular complexity index is 593. The first-order valence-corrected chi connectivity index (χ1v) is 9.24. The van der Waals surface area contributed by atoms with Crippen LogP contribution in [0, 0.1) is 5.92 Å². The molecule has 0 aromatic heterocycles. The van der Waals surface area contributed by atoms with Crippen molar-refractivity contribution in [3.8, 4) is 5.75 Å². The number of aliphatic hydroxyl groups excluding tert-OH is 1. The largest absolute Gasteiger partial charge is 0.497 e. The molecule has 3 N–H and O–H groups in total. The third-order valence-electron chi connectivity index (χ3n) is 5.32. The van der Waals surface area contributed by atoms with Crippen molar-refractivity contribution >= 4 is 11.6 Å². The number of anilines is 1. The molecule has 3 rings (SSSR count). The van der Waals surface area contributed by atoms with Crippen LogP contribution < -0.4 is 20.3 Å². The van der Waals surface area contributed by atoms with Crippen molar-refractivity contribution in [2.45, 2.75) is 37.8 Å². The maximum absolute atomic E-state index is 9.95. The van der Waals surface area contributed by atoms with Gasteiger partial charge in [0, 0.05) is 50.4 Å². The van der Waals surface area contributed by atoms with Gasteiger partial charge in [0.05, 0.1) is 13.2 Å². The molecule has 25 heavy (non-hydrogen) atoms. The number of hydrogen-bond donors (Lipinski definition) is 3. The van der Waals surface area contributed by atoms with Crippen molar-refractivity contribution in [2.24, 2.45) is 10.9 Å². The van der Waals surface area contributed by atoms with Crippen LogP contribution in [-0.4, -0.2) is 57.0 Å². The van der Waals surface area contributed by atoms with Crippen molar-refractivity contribution in [1.82, 2.24) is 10.6 Å². The summed E-state index contributed by atoms with van der Waals surface area (Å²) in [5.41, 5.74) is 1.20. The highest BCUT2D eigenvalue weighted by molar-refractivity contribution is 5.80. The van der Waals surface area contributed by atoms with Crippen LogP contribution in [0.15, 0.2) is 29.3 Å². The van der Waals surface area contributed by atoms with E-state index in [0.717, 1.165) is 57.0 Å². The van der Waals surface area contributed by atoms with Crippen molar-refractivity contribution in [3.63, 3.8) is 0 Å². The van der Waals surface area contributed by atoms with Crippen LogP contribution in [0.5, 0.6) is 5.75 Å². The molecular formula is C19H30N4O2. The van der Waals surface area contributed by atoms with E-state index in [1.807, 2.05) is 12.1 Å². The molecule has 1 aliphatic heterocycles. The highest BCUT2D eigenvalue weighted by atomic mass is 16.5. The van der Waals surface area contributed by atoms with Gasteiger partial charge in [-0.15, -0.1) is 0 Å². The standard InChI is InChI=1S/C19H30N4O2/c1-20-19(21-12-14-5-3-8-18(14)24)22-15-9-10-23(13-15)16-6-4-7-17(11-16)25-2/h4,6-7,11,14-15,18,24H,3,5,8-10,12-13H2,1-2H3,(H2,20,21,22). The molecule has 3 atom stereocenters. The van der Waals surface area contributed by atoms with Gasteiger partial charge in [-0.2, -0.15) is 0 Å². The van der Waals surface area contributed by atoms with Gasteiger partial charge in [-0.3, -0.25) is 4.99 Å². The Morgan fingerprint density at radius 1 is 1.36 bits per heavy atom. The fourth-order valence-electron chi connectivity index (χ4n) is 3.79. The number of hydrogen-bond acceptors (Lipinski definition) is 4. The number of nitrogens with zero attached hydrogens (tertiary/aromatic N) is 2. The van der Waals surface area contributed by atoms with Crippen molar-refractivity contribution in [1.29, 1.82) is 0 Å². The van der Waals surface area contributed by atoms with Crippen LogP contribution in [0.4, 0.5) is 5.69 Å². The lowest BCUT2D eigenvalue weighted by molar-refractivity contribution is 0.134. The third-order valence-corrected chi connectivity index (χ3v) is 5.32. The van der Waals surface area contributed by atoms with E-state index in [1.165, 1.54) is 5.69 Å². The van der Waals surface area contributed by atoms with Gasteiger partial charge < -0.3 is 25.4 Å². The van der Waals surface area contributed by atoms with Crippen molar-refractivity contribution in [3.05, 3.63) is 24.3 Å². The molecular weight excluding hydrogens is 316 g/mol. The number of methoxy groups -OCH3 is 1. The Balaban J connectivity index is 1.49. The van der Waals surface area contributed by atoms with E-state index < -0.39 is 0 Å². The Labute approximate surface area is 150 Å². The molecule has 0 amide bonds. The Kier molecular flexibility index (Phi) is 6.02. The van der Waals surface area contributed by atoms with E-state index >= 15 is 0 Å². The number of guanidine groups is 1. The summed E-state index contributed by atoms with van der Waals surface area (Å²) in [6.07, 6.45) is 4.05. The zero-order valence-corrected chi connectivity index (χ0v) is 15.2. The second-order valence-electron chi connectivity index (χ2n) is 6.99. The molecule has 1 aromatic rings. The third kappa shape index (κ3) is 4.57. The SMILES string of the molecule is CN=C(NCC1CCCC1O)NC1CCN(c2cccc(OC)c2)C1. The molecule has 6 nitrogen and oxygen atoms in total. The summed E-state index contributed by atoms with van der Waals surface area (Å²) in [6.45, 7) is 2.75. The van der Waals surface area contributed by atoms with Crippen molar-refractivity contribution in [2.75, 3.05) is 38.7 Å². The van der Waals surface area contributed by atoms with Gasteiger partial charge in [-0.1, -0.05) is 12.5 Å². The minimum absolute atomic E-state index is 0.166. The maximum Gasteiger partial charge on any atom is 0.191 e. The molecule has 1 saturated heterocycles. The predicted molar refractivity (Wildman–Crippen MR) is 101 cm³/mol. The molecule has 0 spiro atoms. The van der Waals surface area contributed by atoms with E-state index in [0.29, 0.717) is 12.0 Å². The molecule has 1 heterocycles. The zero-order chi connectivity index (χ0) is 17.6. The number of rotatable bonds is 5. The average molecular weight is 346 g/mol. The highest BCUT2D eigenvalue weighted by Crippen LogP contribution is 2.25. The quantitative estimate of drug-likeness (QED) is 0.558. The van der Waals surface area contributed by atoms with Crippen LogP contribution >= 0.6 is 0 Å². The van der Waals surface area contributed by atoms with Gasteiger partial charge in [0.1, 0.15) is 5.75 Å². The van der Waals surface area contributed by atoms with Crippen LogP contribution in [0.3, 0.4) is 0 Å². The number of aliphatic hydroxyl groups is 1. The number of nitrogens with one attached hydrogen (secondary N) is 2. The van der Waals surface area contributed by atoms with Crippen LogP contribution in [0.1, 0.15) is 25.7 Å². The summed E-state index contributed by atoms with van der Waals surface area (Å²) in [4.78, 5) is 6.71. The summed E-state index contributed by atoms with van der Waals surface area (Å²) < 4.78 is 5.32. The summed E-state index contributed by atoms with van der Waals surface area (Å²) in [7, 11) is 3.50. The predicted octanol–water partition coefficient (Wildman–Crippen LogP) is 1.60. The van der Waals surface area contributed by atoms with Gasteiger partial charge >= 0.3 is 0 Å². The fourth-order valence-corrected chi connectivity index (χ4v) is 3.79. The van der Waals surface area contributed by atoms with Gasteiger partial charge in [0.2, 0.25) is 0 Å². The van der Waals surface area contributed by atoms with E-state index in [1.54, 1.807) is 14.2 Å². The molecule has 0 radical (unpaired) electrons. The average Bonchev–Trinajstić information content (AvgIpc) is 3.27. The molecule has 1 saturated carbocycles. The first-order chi connectivity index (χ1) is 12.2. The maximum atomic E-state index is 9.95. The Hall–Kier alpha value is -1.95. The zero-order valence-electron chi connectivity index (χ0n) is 15.2. The molecule has 2 fully saturated rings. The van der Waals surface area contributed by atoms with E-state index in [-0.39, 0.29) is 6.10 Å². The van der Waals surface area contributed by atoms with Gasteiger partial charge in [-0.25, -0.2) is 0 Å². The Morgan fingerprint density at radius 3 is 2.96 bits per heavy atom. The molecule has 138 valence electrons. The molecule has 1 aliphatic carbocycles. The monoisotopic (exact) mass is 346 g/mol. The minimum Gasteiger partial charge on any atom is -0.497 e. The normalized spacial score (nSPS) is 26.8. The summed E-state index contributed by atoms with van der Waals surface area (Å²) >= 11 is 0. The first-order valence-electron chi connectivity index (χ1n) is 9.24. The number of aliphatic imine (C=N–C) groups is 1. The van der Waals surface area contributed by atoms with Crippen LogP contribution in [-0.2, 0) is 0 Å². The van der Waals surface area contributed by atoms with Gasteiger partial charge in [0.15, 0.2) is 5.96 Å². The molecule has 3 unspecified atom stereocenters. The van der Waals surface area contributed by atoms with E-state index in [4.69, 9.17) is 4.74 Å². The summed E-state index contributed by atoms with van der Waals surface area (Å²) in [5.74, 6) is 2.06. The van der Waals surface area contributed by atoms with Crippen LogP contribution in [0.2, 0.25) is 0 Å². The lowest BCUT2D eigenvalue weighted by Gasteiger charge is -2.22. The molecule has 2 aliphatic rings.